The van der Waals surface area contributed by atoms with E-state index in [9.17, 15) is 0 Å². The van der Waals surface area contributed by atoms with Gasteiger partial charge < -0.3 is 5.32 Å². The first-order valence-corrected chi connectivity index (χ1v) is 7.63. The third-order valence-electron chi connectivity index (χ3n) is 2.71. The molecule has 2 heterocycles. The summed E-state index contributed by atoms with van der Waals surface area (Å²) in [5, 5.41) is 11.0. The fourth-order valence-corrected chi connectivity index (χ4v) is 2.75. The van der Waals surface area contributed by atoms with Crippen molar-refractivity contribution in [3.8, 4) is 0 Å². The predicted octanol–water partition coefficient (Wildman–Crippen LogP) is 2.88. The Morgan fingerprint density at radius 1 is 1.50 bits per heavy atom. The summed E-state index contributed by atoms with van der Waals surface area (Å²) in [6.45, 7) is 6.18. The van der Waals surface area contributed by atoms with E-state index < -0.39 is 0 Å². The molecule has 0 fully saturated rings. The van der Waals surface area contributed by atoms with Crippen LogP contribution in [0.15, 0.2) is 28.4 Å². The summed E-state index contributed by atoms with van der Waals surface area (Å²) in [4.78, 5) is 4.34. The lowest BCUT2D eigenvalue weighted by atomic mass is 10.2. The molecule has 0 saturated heterocycles. The second-order valence-electron chi connectivity index (χ2n) is 4.46. The van der Waals surface area contributed by atoms with Gasteiger partial charge in [0.15, 0.2) is 0 Å². The van der Waals surface area contributed by atoms with Crippen LogP contribution in [0.25, 0.3) is 0 Å². The van der Waals surface area contributed by atoms with Crippen molar-refractivity contribution in [1.82, 2.24) is 20.1 Å². The molecule has 98 valence electrons. The molecule has 2 atom stereocenters. The van der Waals surface area contributed by atoms with Gasteiger partial charge in [0, 0.05) is 36.3 Å². The van der Waals surface area contributed by atoms with Crippen LogP contribution in [0.2, 0.25) is 0 Å². The first kappa shape index (κ1) is 13.7. The third-order valence-corrected chi connectivity index (χ3v) is 4.12. The zero-order chi connectivity index (χ0) is 13.0. The van der Waals surface area contributed by atoms with Gasteiger partial charge >= 0.3 is 0 Å². The van der Waals surface area contributed by atoms with Crippen molar-refractivity contribution < 1.29 is 0 Å². The molecule has 0 aliphatic heterocycles. The smallest absolute Gasteiger partial charge is 0.0965 e. The summed E-state index contributed by atoms with van der Waals surface area (Å²) >= 11 is 5.11. The molecule has 0 unspecified atom stereocenters. The van der Waals surface area contributed by atoms with Gasteiger partial charge in [0.1, 0.15) is 0 Å². The van der Waals surface area contributed by atoms with E-state index in [2.05, 4.69) is 45.2 Å². The van der Waals surface area contributed by atoms with Crippen LogP contribution >= 0.6 is 27.3 Å². The first-order chi connectivity index (χ1) is 8.65. The van der Waals surface area contributed by atoms with Crippen LogP contribution in [0.3, 0.4) is 0 Å². The van der Waals surface area contributed by atoms with Crippen molar-refractivity contribution in [3.63, 3.8) is 0 Å². The van der Waals surface area contributed by atoms with Crippen molar-refractivity contribution in [2.75, 3.05) is 6.54 Å². The molecule has 6 heteroatoms. The normalized spacial score (nSPS) is 14.6. The monoisotopic (exact) mass is 328 g/mol. The highest BCUT2D eigenvalue weighted by molar-refractivity contribution is 9.10. The SMILES string of the molecule is C[C@H](Cn1cc(Br)cn1)NC[C@H](C)c1nccs1. The maximum Gasteiger partial charge on any atom is 0.0965 e. The van der Waals surface area contributed by atoms with E-state index in [-0.39, 0.29) is 0 Å². The van der Waals surface area contributed by atoms with Crippen LogP contribution in [0.1, 0.15) is 24.8 Å². The van der Waals surface area contributed by atoms with Crippen molar-refractivity contribution >= 4 is 27.3 Å². The van der Waals surface area contributed by atoms with Crippen molar-refractivity contribution in [2.24, 2.45) is 0 Å². The van der Waals surface area contributed by atoms with Crippen molar-refractivity contribution in [3.05, 3.63) is 33.5 Å². The molecule has 0 aliphatic carbocycles. The molecule has 0 aliphatic rings. The van der Waals surface area contributed by atoms with E-state index in [1.807, 2.05) is 28.7 Å². The van der Waals surface area contributed by atoms with Crippen LogP contribution in [0.4, 0.5) is 0 Å². The molecular weight excluding hydrogens is 312 g/mol. The molecule has 0 aromatic carbocycles. The molecule has 2 aromatic rings. The van der Waals surface area contributed by atoms with Crippen LogP contribution < -0.4 is 5.32 Å². The van der Waals surface area contributed by atoms with E-state index >= 15 is 0 Å². The maximum absolute atomic E-state index is 4.34. The van der Waals surface area contributed by atoms with Gasteiger partial charge in [-0.05, 0) is 22.9 Å². The second-order valence-corrected chi connectivity index (χ2v) is 6.30. The zero-order valence-electron chi connectivity index (χ0n) is 10.5. The van der Waals surface area contributed by atoms with Gasteiger partial charge in [-0.1, -0.05) is 6.92 Å². The average molecular weight is 329 g/mol. The molecule has 2 aromatic heterocycles. The minimum absolute atomic E-state index is 0.388. The van der Waals surface area contributed by atoms with Crippen molar-refractivity contribution in [1.29, 1.82) is 0 Å². The summed E-state index contributed by atoms with van der Waals surface area (Å²) < 4.78 is 2.96. The highest BCUT2D eigenvalue weighted by Crippen LogP contribution is 2.16. The molecule has 18 heavy (non-hydrogen) atoms. The van der Waals surface area contributed by atoms with E-state index in [1.165, 1.54) is 5.01 Å². The van der Waals surface area contributed by atoms with Crippen molar-refractivity contribution in [2.45, 2.75) is 32.4 Å². The van der Waals surface area contributed by atoms with Crippen LogP contribution in [-0.2, 0) is 6.54 Å². The Labute approximate surface area is 120 Å². The average Bonchev–Trinajstić information content (AvgIpc) is 2.97. The topological polar surface area (TPSA) is 42.7 Å². The molecule has 1 N–H and O–H groups in total. The third kappa shape index (κ3) is 3.90. The molecule has 2 rings (SSSR count). The number of hydrogen-bond acceptors (Lipinski definition) is 4. The lowest BCUT2D eigenvalue weighted by Crippen LogP contribution is -2.33. The van der Waals surface area contributed by atoms with Gasteiger partial charge in [-0.2, -0.15) is 5.10 Å². The predicted molar refractivity (Wildman–Crippen MR) is 77.9 cm³/mol. The quantitative estimate of drug-likeness (QED) is 0.886. The van der Waals surface area contributed by atoms with Gasteiger partial charge in [-0.15, -0.1) is 11.3 Å². The lowest BCUT2D eigenvalue weighted by molar-refractivity contribution is 0.440. The fourth-order valence-electron chi connectivity index (χ4n) is 1.73. The maximum atomic E-state index is 4.34. The second kappa shape index (κ2) is 6.45. The van der Waals surface area contributed by atoms with Gasteiger partial charge in [-0.25, -0.2) is 4.98 Å². The number of hydrogen-bond donors (Lipinski definition) is 1. The Hall–Kier alpha value is -0.720. The molecular formula is C12H17BrN4S. The molecule has 0 radical (unpaired) electrons. The Morgan fingerprint density at radius 2 is 2.33 bits per heavy atom. The highest BCUT2D eigenvalue weighted by atomic mass is 79.9. The van der Waals surface area contributed by atoms with E-state index in [0.29, 0.717) is 12.0 Å². The molecule has 4 nitrogen and oxygen atoms in total. The summed E-state index contributed by atoms with van der Waals surface area (Å²) in [5.41, 5.74) is 0. The standard InChI is InChI=1S/C12H17BrN4S/c1-9(12-14-3-4-18-12)5-15-10(2)7-17-8-11(13)6-16-17/h3-4,6,8-10,15H,5,7H2,1-2H3/t9-,10+/m0/s1. The van der Waals surface area contributed by atoms with Gasteiger partial charge in [-0.3, -0.25) is 4.68 Å². The number of rotatable bonds is 6. The van der Waals surface area contributed by atoms with Gasteiger partial charge in [0.2, 0.25) is 0 Å². The minimum Gasteiger partial charge on any atom is -0.312 e. The van der Waals surface area contributed by atoms with Gasteiger partial charge in [0.25, 0.3) is 0 Å². The zero-order valence-corrected chi connectivity index (χ0v) is 12.9. The Morgan fingerprint density at radius 3 is 2.94 bits per heavy atom. The molecule has 0 saturated carbocycles. The largest absolute Gasteiger partial charge is 0.312 e. The van der Waals surface area contributed by atoms with Crippen LogP contribution in [-0.4, -0.2) is 27.4 Å². The Kier molecular flexibility index (Phi) is 4.91. The number of aromatic nitrogens is 3. The van der Waals surface area contributed by atoms with Crippen LogP contribution in [0.5, 0.6) is 0 Å². The summed E-state index contributed by atoms with van der Waals surface area (Å²) in [7, 11) is 0. The van der Waals surface area contributed by atoms with Gasteiger partial charge in [0.05, 0.1) is 22.2 Å². The van der Waals surface area contributed by atoms with E-state index in [1.54, 1.807) is 11.3 Å². The van der Waals surface area contributed by atoms with Crippen LogP contribution in [0, 0.1) is 0 Å². The highest BCUT2D eigenvalue weighted by Gasteiger charge is 2.10. The minimum atomic E-state index is 0.388. The summed E-state index contributed by atoms with van der Waals surface area (Å²) in [6.07, 6.45) is 5.66. The first-order valence-electron chi connectivity index (χ1n) is 5.96. The number of nitrogens with zero attached hydrogens (tertiary/aromatic N) is 3. The fraction of sp³-hybridized carbons (Fsp3) is 0.500. The molecule has 0 amide bonds. The van der Waals surface area contributed by atoms with E-state index in [4.69, 9.17) is 0 Å². The Balaban J connectivity index is 1.76. The summed E-state index contributed by atoms with van der Waals surface area (Å²) in [5.74, 6) is 0.455. The molecule has 0 bridgehead atoms. The Bertz CT molecular complexity index is 468. The molecule has 0 spiro atoms. The number of thiazole rings is 1. The van der Waals surface area contributed by atoms with E-state index in [0.717, 1.165) is 17.6 Å². The summed E-state index contributed by atoms with van der Waals surface area (Å²) in [6, 6.07) is 0.388. The number of halogens is 1. The lowest BCUT2D eigenvalue weighted by Gasteiger charge is -2.16. The number of nitrogens with one attached hydrogen (secondary N) is 1.